The summed E-state index contributed by atoms with van der Waals surface area (Å²) >= 11 is 11.6. The third kappa shape index (κ3) is 2.89. The number of anilines is 1. The van der Waals surface area contributed by atoms with Crippen LogP contribution in [0.2, 0.25) is 10.0 Å². The number of halogens is 5. The van der Waals surface area contributed by atoms with Crippen LogP contribution >= 0.6 is 23.2 Å². The Kier molecular flexibility index (Phi) is 4.20. The fraction of sp³-hybridized carbons (Fsp3) is 0. The van der Waals surface area contributed by atoms with Gasteiger partial charge in [0.2, 0.25) is 0 Å². The average Bonchev–Trinajstić information content (AvgIpc) is 2.40. The topological polar surface area (TPSA) is 29.1 Å². The molecule has 0 aliphatic carbocycles. The zero-order valence-corrected chi connectivity index (χ0v) is 11.2. The molecule has 0 bridgehead atoms. The summed E-state index contributed by atoms with van der Waals surface area (Å²) in [5.74, 6) is -5.62. The van der Waals surface area contributed by atoms with Crippen LogP contribution in [0, 0.1) is 17.5 Å². The summed E-state index contributed by atoms with van der Waals surface area (Å²) < 4.78 is 39.3. The average molecular weight is 320 g/mol. The number of nitrogens with one attached hydrogen (secondary N) is 1. The Morgan fingerprint density at radius 2 is 1.70 bits per heavy atom. The molecule has 0 aromatic heterocycles. The van der Waals surface area contributed by atoms with E-state index in [0.717, 1.165) is 6.07 Å². The molecular formula is C13H6Cl2F3NO. The number of benzene rings is 2. The SMILES string of the molecule is O=C(Nc1cc(Cl)ccc1Cl)c1ccc(F)c(F)c1F. The summed E-state index contributed by atoms with van der Waals surface area (Å²) in [6.07, 6.45) is 0. The summed E-state index contributed by atoms with van der Waals surface area (Å²) in [6, 6.07) is 5.77. The first kappa shape index (κ1) is 14.7. The predicted molar refractivity (Wildman–Crippen MR) is 70.7 cm³/mol. The maximum atomic E-state index is 13.5. The Morgan fingerprint density at radius 3 is 2.40 bits per heavy atom. The third-order valence-corrected chi connectivity index (χ3v) is 3.02. The van der Waals surface area contributed by atoms with Gasteiger partial charge in [-0.1, -0.05) is 23.2 Å². The van der Waals surface area contributed by atoms with Gasteiger partial charge in [0.25, 0.3) is 5.91 Å². The quantitative estimate of drug-likeness (QED) is 0.801. The smallest absolute Gasteiger partial charge is 0.258 e. The number of amides is 1. The van der Waals surface area contributed by atoms with Crippen molar-refractivity contribution in [3.63, 3.8) is 0 Å². The highest BCUT2D eigenvalue weighted by Gasteiger charge is 2.19. The van der Waals surface area contributed by atoms with E-state index >= 15 is 0 Å². The van der Waals surface area contributed by atoms with E-state index in [1.807, 2.05) is 0 Å². The van der Waals surface area contributed by atoms with Crippen LogP contribution in [0.1, 0.15) is 10.4 Å². The second-order valence-electron chi connectivity index (χ2n) is 3.80. The van der Waals surface area contributed by atoms with Gasteiger partial charge >= 0.3 is 0 Å². The maximum Gasteiger partial charge on any atom is 0.258 e. The van der Waals surface area contributed by atoms with Gasteiger partial charge in [0.15, 0.2) is 17.5 Å². The molecule has 0 spiro atoms. The van der Waals surface area contributed by atoms with Gasteiger partial charge in [0.1, 0.15) is 0 Å². The first-order chi connectivity index (χ1) is 9.40. The maximum absolute atomic E-state index is 13.5. The molecule has 0 aliphatic heterocycles. The van der Waals surface area contributed by atoms with Crippen LogP contribution < -0.4 is 5.32 Å². The van der Waals surface area contributed by atoms with Crippen molar-refractivity contribution in [1.29, 1.82) is 0 Å². The van der Waals surface area contributed by atoms with Gasteiger partial charge in [0, 0.05) is 5.02 Å². The Hall–Kier alpha value is -1.72. The lowest BCUT2D eigenvalue weighted by Crippen LogP contribution is -2.15. The first-order valence-corrected chi connectivity index (χ1v) is 6.05. The molecule has 2 rings (SSSR count). The molecule has 7 heteroatoms. The molecule has 0 fully saturated rings. The summed E-state index contributed by atoms with van der Waals surface area (Å²) in [7, 11) is 0. The molecule has 0 saturated heterocycles. The predicted octanol–water partition coefficient (Wildman–Crippen LogP) is 4.66. The van der Waals surface area contributed by atoms with E-state index in [1.54, 1.807) is 0 Å². The summed E-state index contributed by atoms with van der Waals surface area (Å²) in [5, 5.41) is 2.74. The standard InChI is InChI=1S/C13H6Cl2F3NO/c14-6-1-3-8(15)10(5-6)19-13(20)7-2-4-9(16)12(18)11(7)17/h1-5H,(H,19,20). The second-order valence-corrected chi connectivity index (χ2v) is 4.64. The highest BCUT2D eigenvalue weighted by Crippen LogP contribution is 2.26. The minimum Gasteiger partial charge on any atom is -0.320 e. The van der Waals surface area contributed by atoms with Gasteiger partial charge in [-0.05, 0) is 30.3 Å². The van der Waals surface area contributed by atoms with E-state index in [9.17, 15) is 18.0 Å². The van der Waals surface area contributed by atoms with Gasteiger partial charge in [-0.25, -0.2) is 13.2 Å². The van der Waals surface area contributed by atoms with Crippen molar-refractivity contribution in [3.8, 4) is 0 Å². The molecule has 0 heterocycles. The van der Waals surface area contributed by atoms with E-state index in [4.69, 9.17) is 23.2 Å². The summed E-state index contributed by atoms with van der Waals surface area (Å²) in [5.41, 5.74) is -0.506. The molecule has 0 saturated carbocycles. The lowest BCUT2D eigenvalue weighted by molar-refractivity contribution is 0.102. The van der Waals surface area contributed by atoms with Crippen LogP contribution in [0.15, 0.2) is 30.3 Å². The fourth-order valence-electron chi connectivity index (χ4n) is 1.48. The molecular weight excluding hydrogens is 314 g/mol. The largest absolute Gasteiger partial charge is 0.320 e. The van der Waals surface area contributed by atoms with E-state index in [2.05, 4.69) is 5.32 Å². The van der Waals surface area contributed by atoms with E-state index in [0.29, 0.717) is 11.1 Å². The van der Waals surface area contributed by atoms with E-state index in [1.165, 1.54) is 18.2 Å². The van der Waals surface area contributed by atoms with Gasteiger partial charge in [-0.2, -0.15) is 0 Å². The van der Waals surface area contributed by atoms with Gasteiger partial charge in [-0.15, -0.1) is 0 Å². The number of carbonyl (C=O) groups excluding carboxylic acids is 1. The minimum atomic E-state index is -1.71. The van der Waals surface area contributed by atoms with Crippen molar-refractivity contribution in [2.24, 2.45) is 0 Å². The fourth-order valence-corrected chi connectivity index (χ4v) is 1.82. The van der Waals surface area contributed by atoms with Crippen LogP contribution in [0.3, 0.4) is 0 Å². The van der Waals surface area contributed by atoms with Crippen LogP contribution in [0.25, 0.3) is 0 Å². The Morgan fingerprint density at radius 1 is 1.00 bits per heavy atom. The third-order valence-electron chi connectivity index (χ3n) is 2.46. The Balaban J connectivity index is 2.33. The highest BCUT2D eigenvalue weighted by molar-refractivity contribution is 6.35. The van der Waals surface area contributed by atoms with E-state index < -0.39 is 28.9 Å². The molecule has 0 aliphatic rings. The number of hydrogen-bond donors (Lipinski definition) is 1. The zero-order valence-electron chi connectivity index (χ0n) is 9.68. The number of rotatable bonds is 2. The molecule has 104 valence electrons. The van der Waals surface area contributed by atoms with Gasteiger partial charge in [0.05, 0.1) is 16.3 Å². The van der Waals surface area contributed by atoms with Crippen LogP contribution in [-0.2, 0) is 0 Å². The van der Waals surface area contributed by atoms with Gasteiger partial charge < -0.3 is 5.32 Å². The van der Waals surface area contributed by atoms with Crippen molar-refractivity contribution in [1.82, 2.24) is 0 Å². The number of carbonyl (C=O) groups is 1. The lowest BCUT2D eigenvalue weighted by atomic mass is 10.1. The molecule has 2 aromatic carbocycles. The zero-order chi connectivity index (χ0) is 14.9. The van der Waals surface area contributed by atoms with Crippen molar-refractivity contribution >= 4 is 34.8 Å². The van der Waals surface area contributed by atoms with Crippen molar-refractivity contribution in [2.45, 2.75) is 0 Å². The molecule has 20 heavy (non-hydrogen) atoms. The first-order valence-electron chi connectivity index (χ1n) is 5.30. The summed E-state index contributed by atoms with van der Waals surface area (Å²) in [4.78, 5) is 11.8. The monoisotopic (exact) mass is 319 g/mol. The van der Waals surface area contributed by atoms with Crippen LogP contribution in [0.5, 0.6) is 0 Å². The van der Waals surface area contributed by atoms with Crippen LogP contribution in [-0.4, -0.2) is 5.91 Å². The molecule has 2 nitrogen and oxygen atoms in total. The van der Waals surface area contributed by atoms with Crippen molar-refractivity contribution < 1.29 is 18.0 Å². The normalized spacial score (nSPS) is 10.4. The van der Waals surface area contributed by atoms with Crippen molar-refractivity contribution in [3.05, 3.63) is 63.4 Å². The van der Waals surface area contributed by atoms with Crippen molar-refractivity contribution in [2.75, 3.05) is 5.32 Å². The highest BCUT2D eigenvalue weighted by atomic mass is 35.5. The molecule has 0 radical (unpaired) electrons. The summed E-state index contributed by atoms with van der Waals surface area (Å²) in [6.45, 7) is 0. The van der Waals surface area contributed by atoms with Crippen LogP contribution in [0.4, 0.5) is 18.9 Å². The number of hydrogen-bond acceptors (Lipinski definition) is 1. The van der Waals surface area contributed by atoms with Gasteiger partial charge in [-0.3, -0.25) is 4.79 Å². The second kappa shape index (κ2) is 5.73. The molecule has 2 aromatic rings. The minimum absolute atomic E-state index is 0.133. The lowest BCUT2D eigenvalue weighted by Gasteiger charge is -2.08. The molecule has 0 unspecified atom stereocenters. The van der Waals surface area contributed by atoms with E-state index in [-0.39, 0.29) is 10.7 Å². The molecule has 1 amide bonds. The Labute approximate surface area is 122 Å². The Bertz CT molecular complexity index is 692. The molecule has 1 N–H and O–H groups in total. The molecule has 0 atom stereocenters.